The molecule has 0 aliphatic carbocycles. The summed E-state index contributed by atoms with van der Waals surface area (Å²) in [5, 5.41) is 7.53. The Bertz CT molecular complexity index is 1080. The van der Waals surface area contributed by atoms with Crippen LogP contribution in [-0.4, -0.2) is 37.0 Å². The van der Waals surface area contributed by atoms with Gasteiger partial charge in [0.25, 0.3) is 0 Å². The molecule has 1 aromatic heterocycles. The van der Waals surface area contributed by atoms with Crippen LogP contribution in [0.3, 0.4) is 0 Å². The van der Waals surface area contributed by atoms with Crippen molar-refractivity contribution in [1.82, 2.24) is 9.78 Å². The van der Waals surface area contributed by atoms with Crippen molar-refractivity contribution >= 4 is 17.7 Å². The van der Waals surface area contributed by atoms with Gasteiger partial charge in [0, 0.05) is 6.08 Å². The van der Waals surface area contributed by atoms with Gasteiger partial charge in [0.2, 0.25) is 5.91 Å². The van der Waals surface area contributed by atoms with Crippen molar-refractivity contribution in [3.05, 3.63) is 71.1 Å². The van der Waals surface area contributed by atoms with E-state index in [1.54, 1.807) is 27.4 Å². The van der Waals surface area contributed by atoms with Crippen LogP contribution >= 0.6 is 0 Å². The highest BCUT2D eigenvalue weighted by atomic mass is 16.5. The molecule has 7 nitrogen and oxygen atoms in total. The van der Waals surface area contributed by atoms with E-state index in [4.69, 9.17) is 14.2 Å². The lowest BCUT2D eigenvalue weighted by Gasteiger charge is -2.10. The number of ether oxygens (including phenoxy) is 3. The molecule has 1 amide bonds. The van der Waals surface area contributed by atoms with Gasteiger partial charge in [-0.1, -0.05) is 18.2 Å². The number of aryl methyl sites for hydroxylation is 1. The van der Waals surface area contributed by atoms with Crippen LogP contribution in [0.1, 0.15) is 22.5 Å². The zero-order valence-corrected chi connectivity index (χ0v) is 18.4. The molecule has 1 N–H and O–H groups in total. The predicted octanol–water partition coefficient (Wildman–Crippen LogP) is 4.23. The monoisotopic (exact) mass is 421 g/mol. The van der Waals surface area contributed by atoms with E-state index in [2.05, 4.69) is 10.4 Å². The third-order valence-electron chi connectivity index (χ3n) is 4.95. The lowest BCUT2D eigenvalue weighted by molar-refractivity contribution is -0.111. The minimum Gasteiger partial charge on any atom is -0.497 e. The lowest BCUT2D eigenvalue weighted by Crippen LogP contribution is -2.10. The number of nitrogens with zero attached hydrogens (tertiary/aromatic N) is 2. The Labute approximate surface area is 182 Å². The minimum absolute atomic E-state index is 0.215. The maximum Gasteiger partial charge on any atom is 0.248 e. The highest BCUT2D eigenvalue weighted by Crippen LogP contribution is 2.28. The van der Waals surface area contributed by atoms with E-state index >= 15 is 0 Å². The highest BCUT2D eigenvalue weighted by molar-refractivity contribution is 6.02. The molecule has 1 heterocycles. The zero-order chi connectivity index (χ0) is 22.4. The number of anilines is 1. The first-order valence-electron chi connectivity index (χ1n) is 9.83. The molecule has 3 rings (SSSR count). The van der Waals surface area contributed by atoms with Crippen molar-refractivity contribution in [2.24, 2.45) is 0 Å². The summed E-state index contributed by atoms with van der Waals surface area (Å²) in [6.45, 7) is 4.36. The number of aromatic nitrogens is 2. The second kappa shape index (κ2) is 9.84. The van der Waals surface area contributed by atoms with Gasteiger partial charge in [0.1, 0.15) is 5.75 Å². The number of methoxy groups -OCH3 is 3. The molecule has 0 bridgehead atoms. The number of carbonyl (C=O) groups is 1. The number of hydrogen-bond acceptors (Lipinski definition) is 5. The van der Waals surface area contributed by atoms with Gasteiger partial charge >= 0.3 is 0 Å². The van der Waals surface area contributed by atoms with E-state index in [0.717, 1.165) is 28.3 Å². The van der Waals surface area contributed by atoms with E-state index in [0.29, 0.717) is 23.7 Å². The first-order valence-corrected chi connectivity index (χ1v) is 9.83. The van der Waals surface area contributed by atoms with Crippen molar-refractivity contribution in [2.45, 2.75) is 20.4 Å². The zero-order valence-electron chi connectivity index (χ0n) is 18.4. The number of hydrogen-bond donors (Lipinski definition) is 1. The molecule has 0 unspecified atom stereocenters. The molecular formula is C24H27N3O4. The van der Waals surface area contributed by atoms with Gasteiger partial charge in [-0.2, -0.15) is 5.10 Å². The predicted molar refractivity (Wildman–Crippen MR) is 121 cm³/mol. The van der Waals surface area contributed by atoms with E-state index in [-0.39, 0.29) is 5.91 Å². The van der Waals surface area contributed by atoms with Crippen LogP contribution < -0.4 is 19.5 Å². The second-order valence-corrected chi connectivity index (χ2v) is 6.99. The van der Waals surface area contributed by atoms with Gasteiger partial charge in [-0.05, 0) is 55.3 Å². The van der Waals surface area contributed by atoms with Gasteiger partial charge in [-0.25, -0.2) is 0 Å². The number of carbonyl (C=O) groups excluding carboxylic acids is 1. The molecule has 0 fully saturated rings. The highest BCUT2D eigenvalue weighted by Gasteiger charge is 2.14. The standard InChI is InChI=1S/C24H27N3O4/c1-16-24(25-23(28)13-9-18-6-10-20(29-3)11-7-18)17(2)27(26-16)15-19-8-12-21(30-4)22(14-19)31-5/h6-14H,15H2,1-5H3,(H,25,28)/b13-9+. The first-order chi connectivity index (χ1) is 14.9. The summed E-state index contributed by atoms with van der Waals surface area (Å²) in [4.78, 5) is 12.4. The largest absolute Gasteiger partial charge is 0.497 e. The maximum absolute atomic E-state index is 12.4. The fourth-order valence-electron chi connectivity index (χ4n) is 3.24. The van der Waals surface area contributed by atoms with E-state index in [9.17, 15) is 4.79 Å². The molecule has 31 heavy (non-hydrogen) atoms. The summed E-state index contributed by atoms with van der Waals surface area (Å²) in [6.07, 6.45) is 3.26. The van der Waals surface area contributed by atoms with Crippen molar-refractivity contribution < 1.29 is 19.0 Å². The average molecular weight is 421 g/mol. The van der Waals surface area contributed by atoms with Crippen molar-refractivity contribution in [1.29, 1.82) is 0 Å². The summed E-state index contributed by atoms with van der Waals surface area (Å²) >= 11 is 0. The molecule has 0 atom stereocenters. The summed E-state index contributed by atoms with van der Waals surface area (Å²) in [5.74, 6) is 1.90. The van der Waals surface area contributed by atoms with Crippen LogP contribution in [0.15, 0.2) is 48.5 Å². The second-order valence-electron chi connectivity index (χ2n) is 6.99. The molecule has 0 saturated heterocycles. The Morgan fingerprint density at radius 2 is 1.71 bits per heavy atom. The van der Waals surface area contributed by atoms with Crippen LogP contribution in [0, 0.1) is 13.8 Å². The Balaban J connectivity index is 1.72. The maximum atomic E-state index is 12.4. The van der Waals surface area contributed by atoms with Crippen LogP contribution in [-0.2, 0) is 11.3 Å². The smallest absolute Gasteiger partial charge is 0.248 e. The number of amides is 1. The lowest BCUT2D eigenvalue weighted by atomic mass is 10.2. The first kappa shape index (κ1) is 22.0. The third kappa shape index (κ3) is 5.25. The number of nitrogens with one attached hydrogen (secondary N) is 1. The normalized spacial score (nSPS) is 10.9. The summed E-state index contributed by atoms with van der Waals surface area (Å²) in [6, 6.07) is 13.2. The topological polar surface area (TPSA) is 74.6 Å². The molecule has 2 aromatic carbocycles. The fourth-order valence-corrected chi connectivity index (χ4v) is 3.24. The molecule has 7 heteroatoms. The van der Waals surface area contributed by atoms with E-state index in [1.807, 2.05) is 61.0 Å². The van der Waals surface area contributed by atoms with Crippen LogP contribution in [0.4, 0.5) is 5.69 Å². The number of benzene rings is 2. The fraction of sp³-hybridized carbons (Fsp3) is 0.250. The Morgan fingerprint density at radius 3 is 2.35 bits per heavy atom. The third-order valence-corrected chi connectivity index (χ3v) is 4.95. The van der Waals surface area contributed by atoms with E-state index < -0.39 is 0 Å². The van der Waals surface area contributed by atoms with Gasteiger partial charge in [0.15, 0.2) is 11.5 Å². The molecule has 162 valence electrons. The van der Waals surface area contributed by atoms with Gasteiger partial charge < -0.3 is 19.5 Å². The van der Waals surface area contributed by atoms with Gasteiger partial charge in [-0.3, -0.25) is 9.48 Å². The van der Waals surface area contributed by atoms with Crippen molar-refractivity contribution in [2.75, 3.05) is 26.6 Å². The van der Waals surface area contributed by atoms with Crippen molar-refractivity contribution in [3.63, 3.8) is 0 Å². The van der Waals surface area contributed by atoms with Crippen LogP contribution in [0.25, 0.3) is 6.08 Å². The summed E-state index contributed by atoms with van der Waals surface area (Å²) in [5.41, 5.74) is 4.27. The molecular weight excluding hydrogens is 394 g/mol. The quantitative estimate of drug-likeness (QED) is 0.551. The summed E-state index contributed by atoms with van der Waals surface area (Å²) < 4.78 is 17.7. The molecule has 0 aliphatic rings. The van der Waals surface area contributed by atoms with Gasteiger partial charge in [0.05, 0.1) is 44.9 Å². The molecule has 0 radical (unpaired) electrons. The Kier molecular flexibility index (Phi) is 6.97. The van der Waals surface area contributed by atoms with Crippen molar-refractivity contribution in [3.8, 4) is 17.2 Å². The van der Waals surface area contributed by atoms with Crippen LogP contribution in [0.5, 0.6) is 17.2 Å². The molecule has 0 spiro atoms. The Morgan fingerprint density at radius 1 is 1.00 bits per heavy atom. The van der Waals surface area contributed by atoms with E-state index in [1.165, 1.54) is 6.08 Å². The molecule has 3 aromatic rings. The van der Waals surface area contributed by atoms with Gasteiger partial charge in [-0.15, -0.1) is 0 Å². The average Bonchev–Trinajstić information content (AvgIpc) is 3.05. The van der Waals surface area contributed by atoms with Crippen LogP contribution in [0.2, 0.25) is 0 Å². The molecule has 0 saturated carbocycles. The summed E-state index contributed by atoms with van der Waals surface area (Å²) in [7, 11) is 4.84. The Hall–Kier alpha value is -3.74. The minimum atomic E-state index is -0.215. The number of rotatable bonds is 8. The SMILES string of the molecule is COc1ccc(/C=C/C(=O)Nc2c(C)nn(Cc3ccc(OC)c(OC)c3)c2C)cc1. The molecule has 0 aliphatic heterocycles.